The number of nitrogens with zero attached hydrogens (tertiary/aromatic N) is 1. The number of pyridine rings is 1. The van der Waals surface area contributed by atoms with E-state index < -0.39 is 5.91 Å². The van der Waals surface area contributed by atoms with Gasteiger partial charge in [0.1, 0.15) is 11.3 Å². The third-order valence-corrected chi connectivity index (χ3v) is 6.47. The van der Waals surface area contributed by atoms with E-state index in [1.807, 2.05) is 48.5 Å². The summed E-state index contributed by atoms with van der Waals surface area (Å²) in [6, 6.07) is 20.5. The van der Waals surface area contributed by atoms with Gasteiger partial charge in [0.05, 0.1) is 12.2 Å². The highest BCUT2D eigenvalue weighted by molar-refractivity contribution is 6.08. The number of carbonyl (C=O) groups is 1. The molecule has 0 bridgehead atoms. The van der Waals surface area contributed by atoms with E-state index >= 15 is 0 Å². The molecule has 0 spiro atoms. The molecular weight excluding hydrogens is 448 g/mol. The normalized spacial score (nSPS) is 12.1. The molecule has 2 N–H and O–H groups in total. The Labute approximate surface area is 212 Å². The molecule has 3 aromatic carbocycles. The number of amides is 1. The summed E-state index contributed by atoms with van der Waals surface area (Å²) in [6.07, 6.45) is 1.49. The average molecular weight is 483 g/mol. The zero-order valence-electron chi connectivity index (χ0n) is 21.8. The Hall–Kier alpha value is -3.86. The van der Waals surface area contributed by atoms with Crippen LogP contribution in [0.3, 0.4) is 0 Å². The fraction of sp³-hybridized carbons (Fsp3) is 0.290. The van der Waals surface area contributed by atoms with Gasteiger partial charge in [-0.3, -0.25) is 9.59 Å². The second kappa shape index (κ2) is 9.30. The lowest BCUT2D eigenvalue weighted by atomic mass is 9.79. The van der Waals surface area contributed by atoms with Crippen LogP contribution in [0.5, 0.6) is 5.75 Å². The molecule has 186 valence electrons. The highest BCUT2D eigenvalue weighted by Crippen LogP contribution is 2.41. The Morgan fingerprint density at radius 3 is 2.11 bits per heavy atom. The maximum absolute atomic E-state index is 14.1. The summed E-state index contributed by atoms with van der Waals surface area (Å²) in [5, 5.41) is 11.5. The van der Waals surface area contributed by atoms with E-state index in [1.165, 1.54) is 6.20 Å². The first-order valence-corrected chi connectivity index (χ1v) is 12.2. The standard InChI is InChI=1S/C31H34N2O3/c1-30(2,3)23-16-24(31(4,5)6)27(34)17-26(23)33(19-20-12-8-7-9-13-20)29(36)22-18-32-25-15-11-10-14-21(25)28(22)35/h7-18,34H,19H2,1-6H3,(H,32,35). The molecule has 1 aromatic heterocycles. The van der Waals surface area contributed by atoms with E-state index in [4.69, 9.17) is 0 Å². The minimum absolute atomic E-state index is 0.0591. The zero-order valence-corrected chi connectivity index (χ0v) is 21.8. The van der Waals surface area contributed by atoms with Gasteiger partial charge in [0.15, 0.2) is 0 Å². The molecule has 36 heavy (non-hydrogen) atoms. The molecule has 0 saturated heterocycles. The fourth-order valence-corrected chi connectivity index (χ4v) is 4.51. The van der Waals surface area contributed by atoms with Gasteiger partial charge in [-0.1, -0.05) is 84.0 Å². The Morgan fingerprint density at radius 2 is 1.47 bits per heavy atom. The van der Waals surface area contributed by atoms with Crippen molar-refractivity contribution < 1.29 is 9.90 Å². The largest absolute Gasteiger partial charge is 0.508 e. The van der Waals surface area contributed by atoms with E-state index in [1.54, 1.807) is 23.1 Å². The van der Waals surface area contributed by atoms with Gasteiger partial charge in [-0.2, -0.15) is 0 Å². The summed E-state index contributed by atoms with van der Waals surface area (Å²) < 4.78 is 0. The topological polar surface area (TPSA) is 73.4 Å². The van der Waals surface area contributed by atoms with Crippen molar-refractivity contribution in [2.24, 2.45) is 0 Å². The van der Waals surface area contributed by atoms with Crippen LogP contribution >= 0.6 is 0 Å². The lowest BCUT2D eigenvalue weighted by Gasteiger charge is -2.33. The number of phenolic OH excluding ortho intramolecular Hbond substituents is 1. The number of hydrogen-bond donors (Lipinski definition) is 2. The van der Waals surface area contributed by atoms with E-state index in [0.29, 0.717) is 16.6 Å². The van der Waals surface area contributed by atoms with Crippen molar-refractivity contribution in [2.75, 3.05) is 4.90 Å². The Morgan fingerprint density at radius 1 is 0.861 bits per heavy atom. The summed E-state index contributed by atoms with van der Waals surface area (Å²) in [7, 11) is 0. The van der Waals surface area contributed by atoms with E-state index in [0.717, 1.165) is 16.7 Å². The van der Waals surface area contributed by atoms with Crippen LogP contribution in [0.25, 0.3) is 10.9 Å². The third-order valence-electron chi connectivity index (χ3n) is 6.47. The van der Waals surface area contributed by atoms with Crippen molar-refractivity contribution in [1.82, 2.24) is 4.98 Å². The van der Waals surface area contributed by atoms with Gasteiger partial charge < -0.3 is 15.0 Å². The summed E-state index contributed by atoms with van der Waals surface area (Å²) in [5.74, 6) is -0.289. The Balaban J connectivity index is 1.96. The molecular formula is C31H34N2O3. The van der Waals surface area contributed by atoms with Crippen LogP contribution < -0.4 is 10.3 Å². The molecule has 0 aliphatic carbocycles. The maximum atomic E-state index is 14.1. The van der Waals surface area contributed by atoms with Crippen LogP contribution in [-0.2, 0) is 17.4 Å². The number of aromatic nitrogens is 1. The van der Waals surface area contributed by atoms with Gasteiger partial charge >= 0.3 is 0 Å². The molecule has 0 unspecified atom stereocenters. The summed E-state index contributed by atoms with van der Waals surface area (Å²) in [6.45, 7) is 12.7. The lowest BCUT2D eigenvalue weighted by molar-refractivity contribution is 0.0983. The first-order valence-electron chi connectivity index (χ1n) is 12.2. The quantitative estimate of drug-likeness (QED) is 0.341. The number of hydrogen-bond acceptors (Lipinski definition) is 3. The van der Waals surface area contributed by atoms with E-state index in [9.17, 15) is 14.7 Å². The van der Waals surface area contributed by atoms with Gasteiger partial charge in [0.25, 0.3) is 5.91 Å². The second-order valence-corrected chi connectivity index (χ2v) is 11.3. The van der Waals surface area contributed by atoms with Crippen LogP contribution in [0.15, 0.2) is 77.7 Å². The first kappa shape index (κ1) is 25.2. The Kier molecular flexibility index (Phi) is 6.52. The number of nitrogens with one attached hydrogen (secondary N) is 1. The van der Waals surface area contributed by atoms with Crippen molar-refractivity contribution >= 4 is 22.5 Å². The molecule has 0 radical (unpaired) electrons. The van der Waals surface area contributed by atoms with Crippen molar-refractivity contribution in [3.05, 3.63) is 105 Å². The number of carbonyl (C=O) groups excluding carboxylic acids is 1. The van der Waals surface area contributed by atoms with Crippen molar-refractivity contribution in [3.8, 4) is 5.75 Å². The fourth-order valence-electron chi connectivity index (χ4n) is 4.51. The van der Waals surface area contributed by atoms with Gasteiger partial charge in [-0.15, -0.1) is 0 Å². The van der Waals surface area contributed by atoms with Crippen molar-refractivity contribution in [2.45, 2.75) is 58.9 Å². The number of phenols is 1. The lowest BCUT2D eigenvalue weighted by Crippen LogP contribution is -2.36. The van der Waals surface area contributed by atoms with Gasteiger partial charge in [0.2, 0.25) is 5.43 Å². The minimum atomic E-state index is -0.417. The van der Waals surface area contributed by atoms with Crippen LogP contribution in [0.4, 0.5) is 5.69 Å². The summed E-state index contributed by atoms with van der Waals surface area (Å²) in [4.78, 5) is 32.2. The SMILES string of the molecule is CC(C)(C)c1cc(C(C)(C)C)c(N(Cc2ccccc2)C(=O)c2c[nH]c3ccccc3c2=O)cc1O. The number of fused-ring (bicyclic) bond motifs is 1. The number of para-hydroxylation sites is 1. The molecule has 0 atom stereocenters. The first-order chi connectivity index (χ1) is 16.9. The summed E-state index contributed by atoms with van der Waals surface area (Å²) >= 11 is 0. The Bertz CT molecular complexity index is 1470. The monoisotopic (exact) mass is 482 g/mol. The third kappa shape index (κ3) is 4.92. The molecule has 0 aliphatic heterocycles. The zero-order chi connectivity index (χ0) is 26.3. The molecule has 5 heteroatoms. The van der Waals surface area contributed by atoms with E-state index in [2.05, 4.69) is 46.5 Å². The van der Waals surface area contributed by atoms with Crippen LogP contribution in [-0.4, -0.2) is 16.0 Å². The van der Waals surface area contributed by atoms with E-state index in [-0.39, 0.29) is 34.1 Å². The molecule has 0 fully saturated rings. The molecule has 1 amide bonds. The predicted molar refractivity (Wildman–Crippen MR) is 147 cm³/mol. The van der Waals surface area contributed by atoms with Gasteiger partial charge in [0, 0.05) is 23.2 Å². The van der Waals surface area contributed by atoms with Crippen LogP contribution in [0.1, 0.15) is 68.6 Å². The van der Waals surface area contributed by atoms with Gasteiger partial charge in [-0.05, 0) is 45.7 Å². The average Bonchev–Trinajstić information content (AvgIpc) is 2.81. The number of H-pyrrole nitrogens is 1. The second-order valence-electron chi connectivity index (χ2n) is 11.3. The predicted octanol–water partition coefficient (Wildman–Crippen LogP) is 6.68. The molecule has 1 heterocycles. The van der Waals surface area contributed by atoms with Crippen LogP contribution in [0, 0.1) is 0 Å². The number of rotatable bonds is 4. The highest BCUT2D eigenvalue weighted by Gasteiger charge is 2.31. The number of aromatic amines is 1. The van der Waals surface area contributed by atoms with Gasteiger partial charge in [-0.25, -0.2) is 0 Å². The number of anilines is 1. The molecule has 0 saturated carbocycles. The van der Waals surface area contributed by atoms with Crippen molar-refractivity contribution in [1.29, 1.82) is 0 Å². The smallest absolute Gasteiger partial charge is 0.264 e. The number of benzene rings is 3. The molecule has 0 aliphatic rings. The summed E-state index contributed by atoms with van der Waals surface area (Å²) in [5.41, 5.74) is 3.05. The molecule has 4 rings (SSSR count). The minimum Gasteiger partial charge on any atom is -0.508 e. The maximum Gasteiger partial charge on any atom is 0.264 e. The molecule has 5 nitrogen and oxygen atoms in total. The highest BCUT2D eigenvalue weighted by atomic mass is 16.3. The molecule has 4 aromatic rings. The van der Waals surface area contributed by atoms with Crippen LogP contribution in [0.2, 0.25) is 0 Å². The number of aromatic hydroxyl groups is 1. The van der Waals surface area contributed by atoms with Crippen molar-refractivity contribution in [3.63, 3.8) is 0 Å².